The molecule has 0 aliphatic rings. The van der Waals surface area contributed by atoms with Crippen LogP contribution in [0.4, 0.5) is 5.69 Å². The fraction of sp³-hybridized carbons (Fsp3) is 0.261. The van der Waals surface area contributed by atoms with Crippen LogP contribution in [0.2, 0.25) is 0 Å². The first-order valence-corrected chi connectivity index (χ1v) is 10.4. The summed E-state index contributed by atoms with van der Waals surface area (Å²) in [7, 11) is 4.20. The molecule has 1 aromatic heterocycles. The van der Waals surface area contributed by atoms with E-state index in [1.54, 1.807) is 11.3 Å². The van der Waals surface area contributed by atoms with Gasteiger partial charge in [-0.15, -0.1) is 24.8 Å². The van der Waals surface area contributed by atoms with E-state index in [0.717, 1.165) is 51.0 Å². The van der Waals surface area contributed by atoms with E-state index in [4.69, 9.17) is 4.99 Å². The lowest BCUT2D eigenvalue weighted by molar-refractivity contribution is 0.387. The summed E-state index contributed by atoms with van der Waals surface area (Å²) in [6, 6.07) is 18.2. The Kier molecular flexibility index (Phi) is 8.33. The average Bonchev–Trinajstić information content (AvgIpc) is 3.05. The molecule has 3 aromatic carbocycles. The van der Waals surface area contributed by atoms with Gasteiger partial charge >= 0.3 is 0 Å². The third-order valence-electron chi connectivity index (χ3n) is 5.01. The van der Waals surface area contributed by atoms with E-state index in [0.29, 0.717) is 5.75 Å². The van der Waals surface area contributed by atoms with Crippen molar-refractivity contribution in [2.75, 3.05) is 20.6 Å². The number of phenols is 1. The molecule has 0 fully saturated rings. The summed E-state index contributed by atoms with van der Waals surface area (Å²) in [5.41, 5.74) is 3.04. The van der Waals surface area contributed by atoms with Crippen molar-refractivity contribution < 1.29 is 5.11 Å². The number of aromatic nitrogens is 1. The third-order valence-corrected chi connectivity index (χ3v) is 6.21. The van der Waals surface area contributed by atoms with Gasteiger partial charge in [0.05, 0.1) is 15.9 Å². The molecule has 1 N–H and O–H groups in total. The summed E-state index contributed by atoms with van der Waals surface area (Å²) in [5.74, 6) is 0.371. The number of fused-ring (bicyclic) bond motifs is 3. The lowest BCUT2D eigenvalue weighted by Gasteiger charge is -2.13. The zero-order valence-corrected chi connectivity index (χ0v) is 19.8. The molecular weight excluding hydrogens is 437 g/mol. The van der Waals surface area contributed by atoms with Gasteiger partial charge in [-0.25, -0.2) is 4.99 Å². The molecule has 0 amide bonds. The first-order valence-electron chi connectivity index (χ1n) is 9.54. The maximum Gasteiger partial charge on any atom is 0.190 e. The highest BCUT2D eigenvalue weighted by atomic mass is 35.5. The van der Waals surface area contributed by atoms with Crippen molar-refractivity contribution in [1.82, 2.24) is 9.47 Å². The molecule has 0 saturated carbocycles. The minimum Gasteiger partial charge on any atom is -0.507 e. The second-order valence-electron chi connectivity index (χ2n) is 7.34. The largest absolute Gasteiger partial charge is 0.507 e. The van der Waals surface area contributed by atoms with Crippen molar-refractivity contribution in [1.29, 1.82) is 0 Å². The summed E-state index contributed by atoms with van der Waals surface area (Å²) in [6.07, 6.45) is 1.04. The second kappa shape index (κ2) is 10.3. The maximum absolute atomic E-state index is 10.8. The van der Waals surface area contributed by atoms with Gasteiger partial charge in [0, 0.05) is 22.9 Å². The van der Waals surface area contributed by atoms with Gasteiger partial charge in [0.1, 0.15) is 5.75 Å². The van der Waals surface area contributed by atoms with E-state index in [-0.39, 0.29) is 24.8 Å². The first kappa shape index (κ1) is 24.2. The number of hydrogen-bond donors (Lipinski definition) is 1. The second-order valence-corrected chi connectivity index (χ2v) is 8.31. The smallest absolute Gasteiger partial charge is 0.190 e. The van der Waals surface area contributed by atoms with Crippen molar-refractivity contribution >= 4 is 62.8 Å². The molecule has 7 heteroatoms. The number of phenolic OH excluding ortho intramolecular Hbond substituents is 1. The quantitative estimate of drug-likeness (QED) is 0.400. The van der Waals surface area contributed by atoms with Gasteiger partial charge < -0.3 is 14.6 Å². The van der Waals surface area contributed by atoms with Gasteiger partial charge in [-0.2, -0.15) is 0 Å². The molecule has 30 heavy (non-hydrogen) atoms. The summed E-state index contributed by atoms with van der Waals surface area (Å²) < 4.78 is 3.43. The predicted molar refractivity (Wildman–Crippen MR) is 133 cm³/mol. The number of nitrogens with zero attached hydrogens (tertiary/aromatic N) is 3. The fourth-order valence-electron chi connectivity index (χ4n) is 3.59. The fourth-order valence-corrected chi connectivity index (χ4v) is 4.78. The Labute approximate surface area is 193 Å². The van der Waals surface area contributed by atoms with Gasteiger partial charge in [0.15, 0.2) is 4.80 Å². The Bertz CT molecular complexity index is 1200. The van der Waals surface area contributed by atoms with E-state index in [2.05, 4.69) is 29.6 Å². The Balaban J connectivity index is 0.00000160. The summed E-state index contributed by atoms with van der Waals surface area (Å²) >= 11 is 1.66. The predicted octanol–water partition coefficient (Wildman–Crippen LogP) is 5.90. The van der Waals surface area contributed by atoms with Crippen LogP contribution in [0.3, 0.4) is 0 Å². The minimum atomic E-state index is 0. The maximum atomic E-state index is 10.8. The monoisotopic (exact) mass is 463 g/mol. The molecule has 0 saturated heterocycles. The van der Waals surface area contributed by atoms with E-state index < -0.39 is 0 Å². The van der Waals surface area contributed by atoms with Crippen molar-refractivity contribution in [2.24, 2.45) is 4.99 Å². The zero-order chi connectivity index (χ0) is 19.7. The number of para-hydroxylation sites is 1. The molecule has 160 valence electrons. The minimum absolute atomic E-state index is 0. The van der Waals surface area contributed by atoms with Gasteiger partial charge in [0.2, 0.25) is 0 Å². The molecule has 4 rings (SSSR count). The number of aromatic hydroxyl groups is 1. The summed E-state index contributed by atoms with van der Waals surface area (Å²) in [6.45, 7) is 3.90. The lowest BCUT2D eigenvalue weighted by Crippen LogP contribution is -2.19. The van der Waals surface area contributed by atoms with Crippen molar-refractivity contribution in [3.8, 4) is 5.75 Å². The summed E-state index contributed by atoms with van der Waals surface area (Å²) in [4.78, 5) is 8.12. The normalized spacial score (nSPS) is 11.7. The standard InChI is InChI=1S/C23H25N3OS.2ClH/c1-16-21(27)19-13-8-7-12-18(19)20-22(16)28-23(24-17-10-5-4-6-11-17)26(20)15-9-14-25(2)3;;/h4-8,10-13,27H,9,14-15H2,1-3H3;2*1H/b24-23+;;. The number of thiazole rings is 1. The molecule has 0 aliphatic carbocycles. The van der Waals surface area contributed by atoms with Gasteiger partial charge in [-0.3, -0.25) is 0 Å². The van der Waals surface area contributed by atoms with E-state index in [9.17, 15) is 5.11 Å². The van der Waals surface area contributed by atoms with Crippen molar-refractivity contribution in [3.05, 3.63) is 65.0 Å². The third kappa shape index (κ3) is 4.65. The van der Waals surface area contributed by atoms with Crippen LogP contribution in [-0.4, -0.2) is 35.2 Å². The van der Waals surface area contributed by atoms with Crippen molar-refractivity contribution in [3.63, 3.8) is 0 Å². The van der Waals surface area contributed by atoms with Gasteiger partial charge in [-0.1, -0.05) is 53.8 Å². The highest BCUT2D eigenvalue weighted by Crippen LogP contribution is 2.38. The highest BCUT2D eigenvalue weighted by Gasteiger charge is 2.16. The summed E-state index contributed by atoms with van der Waals surface area (Å²) in [5, 5.41) is 12.7. The van der Waals surface area contributed by atoms with E-state index >= 15 is 0 Å². The molecule has 0 unspecified atom stereocenters. The molecule has 4 aromatic rings. The Morgan fingerprint density at radius 1 is 0.967 bits per heavy atom. The molecule has 0 aliphatic heterocycles. The highest BCUT2D eigenvalue weighted by molar-refractivity contribution is 7.16. The van der Waals surface area contributed by atoms with Crippen LogP contribution in [-0.2, 0) is 6.54 Å². The Morgan fingerprint density at radius 3 is 2.27 bits per heavy atom. The number of aryl methyl sites for hydroxylation is 2. The van der Waals surface area contributed by atoms with Gasteiger partial charge in [-0.05, 0) is 46.1 Å². The average molecular weight is 464 g/mol. The molecule has 0 atom stereocenters. The Morgan fingerprint density at radius 2 is 1.60 bits per heavy atom. The van der Waals surface area contributed by atoms with E-state index in [1.165, 1.54) is 5.52 Å². The van der Waals surface area contributed by atoms with Crippen molar-refractivity contribution in [2.45, 2.75) is 19.9 Å². The van der Waals surface area contributed by atoms with Crippen LogP contribution in [0, 0.1) is 6.92 Å². The molecule has 0 bridgehead atoms. The van der Waals surface area contributed by atoms with Crippen LogP contribution in [0.1, 0.15) is 12.0 Å². The number of hydrogen-bond acceptors (Lipinski definition) is 4. The SMILES string of the molecule is Cc1c(O)c2ccccc2c2c1s/c(=N/c1ccccc1)n2CCCN(C)C.Cl.Cl. The Hall–Kier alpha value is -2.05. The van der Waals surface area contributed by atoms with Crippen LogP contribution in [0.5, 0.6) is 5.75 Å². The van der Waals surface area contributed by atoms with Crippen LogP contribution in [0.25, 0.3) is 21.0 Å². The topological polar surface area (TPSA) is 40.8 Å². The van der Waals surface area contributed by atoms with Crippen LogP contribution < -0.4 is 4.80 Å². The first-order chi connectivity index (χ1) is 13.6. The number of rotatable bonds is 5. The zero-order valence-electron chi connectivity index (χ0n) is 17.3. The van der Waals surface area contributed by atoms with Crippen LogP contribution >= 0.6 is 36.2 Å². The number of benzene rings is 3. The number of halogens is 2. The molecule has 0 radical (unpaired) electrons. The molecule has 0 spiro atoms. The molecule has 4 nitrogen and oxygen atoms in total. The lowest BCUT2D eigenvalue weighted by atomic mass is 10.0. The molecule has 1 heterocycles. The van der Waals surface area contributed by atoms with E-state index in [1.807, 2.05) is 55.5 Å². The molecular formula is C23H27Cl2N3OS. The van der Waals surface area contributed by atoms with Crippen LogP contribution in [0.15, 0.2) is 59.6 Å². The van der Waals surface area contributed by atoms with Gasteiger partial charge in [0.25, 0.3) is 0 Å².